The number of hydrogen-bond acceptors (Lipinski definition) is 2. The van der Waals surface area contributed by atoms with E-state index < -0.39 is 27.8 Å². The molecule has 3 nitrogen and oxygen atoms in total. The second kappa shape index (κ2) is 3.95. The first kappa shape index (κ1) is 11.6. The molecule has 1 aromatic rings. The molecule has 0 fully saturated rings. The predicted octanol–water partition coefficient (Wildman–Crippen LogP) is 2.44. The third-order valence-corrected chi connectivity index (χ3v) is 2.38. The molecular weight excluding hydrogens is 287 g/mol. The Morgan fingerprint density at radius 3 is 2.50 bits per heavy atom. The van der Waals surface area contributed by atoms with Crippen LogP contribution in [0.1, 0.15) is 5.56 Å². The van der Waals surface area contributed by atoms with E-state index in [1.807, 2.05) is 0 Å². The molecule has 0 bridgehead atoms. The monoisotopic (exact) mass is 289 g/mol. The standard InChI is InChI=1S/C6H3BrF3NO2S/c7-3-1-4(6(8,9)10)5(11-2-3)14(12)13/h1-2H,(H,12,13). The molecule has 0 aliphatic rings. The summed E-state index contributed by atoms with van der Waals surface area (Å²) in [6.07, 6.45) is -3.66. The van der Waals surface area contributed by atoms with E-state index >= 15 is 0 Å². The van der Waals surface area contributed by atoms with Crippen LogP contribution in [0.25, 0.3) is 0 Å². The van der Waals surface area contributed by atoms with Crippen LogP contribution in [0.5, 0.6) is 0 Å². The molecule has 8 heteroatoms. The number of halogens is 4. The highest BCUT2D eigenvalue weighted by molar-refractivity contribution is 9.10. The summed E-state index contributed by atoms with van der Waals surface area (Å²) < 4.78 is 56.0. The summed E-state index contributed by atoms with van der Waals surface area (Å²) in [5, 5.41) is -0.888. The highest BCUT2D eigenvalue weighted by Crippen LogP contribution is 2.33. The molecular formula is C6H3BrF3NO2S. The quantitative estimate of drug-likeness (QED) is 0.808. The maximum atomic E-state index is 12.3. The first-order valence-electron chi connectivity index (χ1n) is 3.16. The minimum Gasteiger partial charge on any atom is -0.301 e. The smallest absolute Gasteiger partial charge is 0.301 e. The maximum absolute atomic E-state index is 12.3. The van der Waals surface area contributed by atoms with Gasteiger partial charge < -0.3 is 4.55 Å². The van der Waals surface area contributed by atoms with E-state index in [1.165, 1.54) is 0 Å². The van der Waals surface area contributed by atoms with Gasteiger partial charge in [0.15, 0.2) is 5.03 Å². The Morgan fingerprint density at radius 1 is 1.50 bits per heavy atom. The Bertz CT molecular complexity index is 382. The Labute approximate surface area is 87.8 Å². The zero-order chi connectivity index (χ0) is 10.9. The minimum atomic E-state index is -4.69. The fourth-order valence-electron chi connectivity index (χ4n) is 0.769. The summed E-state index contributed by atoms with van der Waals surface area (Å²) in [4.78, 5) is 3.23. The lowest BCUT2D eigenvalue weighted by Crippen LogP contribution is -2.11. The van der Waals surface area contributed by atoms with Crippen LogP contribution < -0.4 is 0 Å². The molecule has 1 rings (SSSR count). The highest BCUT2D eigenvalue weighted by atomic mass is 79.9. The van der Waals surface area contributed by atoms with Crippen molar-refractivity contribution in [2.24, 2.45) is 0 Å². The first-order valence-corrected chi connectivity index (χ1v) is 5.06. The van der Waals surface area contributed by atoms with Gasteiger partial charge in [0.25, 0.3) is 0 Å². The third-order valence-electron chi connectivity index (χ3n) is 1.29. The van der Waals surface area contributed by atoms with Crippen LogP contribution in [0.3, 0.4) is 0 Å². The predicted molar refractivity (Wildman–Crippen MR) is 46.0 cm³/mol. The molecule has 0 radical (unpaired) electrons. The number of alkyl halides is 3. The zero-order valence-corrected chi connectivity index (χ0v) is 8.78. The van der Waals surface area contributed by atoms with Gasteiger partial charge in [0.2, 0.25) is 11.1 Å². The summed E-state index contributed by atoms with van der Waals surface area (Å²) >= 11 is 0.0476. The molecule has 1 unspecified atom stereocenters. The third kappa shape index (κ3) is 2.52. The molecule has 1 atom stereocenters. The van der Waals surface area contributed by atoms with Crippen LogP contribution in [0.4, 0.5) is 13.2 Å². The number of hydrogen-bond donors (Lipinski definition) is 1. The maximum Gasteiger partial charge on any atom is 0.419 e. The van der Waals surface area contributed by atoms with Crippen LogP contribution in [0.2, 0.25) is 0 Å². The Kier molecular flexibility index (Phi) is 3.28. The van der Waals surface area contributed by atoms with E-state index in [0.29, 0.717) is 6.07 Å². The van der Waals surface area contributed by atoms with E-state index in [1.54, 1.807) is 0 Å². The molecule has 0 spiro atoms. The van der Waals surface area contributed by atoms with Gasteiger partial charge in [-0.25, -0.2) is 9.19 Å². The molecule has 1 N–H and O–H groups in total. The minimum absolute atomic E-state index is 0.0963. The van der Waals surface area contributed by atoms with E-state index in [4.69, 9.17) is 4.55 Å². The number of nitrogens with zero attached hydrogens (tertiary/aromatic N) is 1. The van der Waals surface area contributed by atoms with Crippen LogP contribution in [0, 0.1) is 0 Å². The van der Waals surface area contributed by atoms with Crippen molar-refractivity contribution in [3.05, 3.63) is 22.3 Å². The molecule has 0 aromatic carbocycles. The van der Waals surface area contributed by atoms with Crippen molar-refractivity contribution < 1.29 is 21.9 Å². The Balaban J connectivity index is 3.38. The van der Waals surface area contributed by atoms with Crippen molar-refractivity contribution in [3.63, 3.8) is 0 Å². The lowest BCUT2D eigenvalue weighted by Gasteiger charge is -2.09. The lowest BCUT2D eigenvalue weighted by molar-refractivity contribution is -0.140. The average molecular weight is 290 g/mol. The lowest BCUT2D eigenvalue weighted by atomic mass is 10.3. The van der Waals surface area contributed by atoms with E-state index in [0.717, 1.165) is 6.20 Å². The van der Waals surface area contributed by atoms with E-state index in [9.17, 15) is 17.4 Å². The summed E-state index contributed by atoms with van der Waals surface area (Å²) in [6.45, 7) is 0. The van der Waals surface area contributed by atoms with Gasteiger partial charge in [-0.15, -0.1) is 0 Å². The van der Waals surface area contributed by atoms with Crippen LogP contribution in [-0.2, 0) is 17.3 Å². The second-order valence-corrected chi connectivity index (χ2v) is 4.05. The number of rotatable bonds is 1. The summed E-state index contributed by atoms with van der Waals surface area (Å²) in [6, 6.07) is 0.705. The number of pyridine rings is 1. The van der Waals surface area contributed by atoms with Gasteiger partial charge in [0, 0.05) is 10.7 Å². The molecule has 78 valence electrons. The molecule has 0 saturated carbocycles. The molecule has 0 amide bonds. The Hall–Kier alpha value is -0.470. The summed E-state index contributed by atoms with van der Waals surface area (Å²) in [7, 11) is 0. The zero-order valence-electron chi connectivity index (χ0n) is 6.38. The largest absolute Gasteiger partial charge is 0.419 e. The van der Waals surface area contributed by atoms with Crippen LogP contribution >= 0.6 is 15.9 Å². The SMILES string of the molecule is O=S(O)c1ncc(Br)cc1C(F)(F)F. The van der Waals surface area contributed by atoms with Gasteiger partial charge in [0.1, 0.15) is 0 Å². The first-order chi connectivity index (χ1) is 6.32. The molecule has 1 heterocycles. The molecule has 0 aliphatic carbocycles. The van der Waals surface area contributed by atoms with Crippen molar-refractivity contribution in [3.8, 4) is 0 Å². The second-order valence-electron chi connectivity index (χ2n) is 2.25. The summed E-state index contributed by atoms with van der Waals surface area (Å²) in [5.74, 6) is 0. The normalized spacial score (nSPS) is 14.1. The van der Waals surface area contributed by atoms with Gasteiger partial charge in [0.05, 0.1) is 5.56 Å². The van der Waals surface area contributed by atoms with E-state index in [2.05, 4.69) is 20.9 Å². The van der Waals surface area contributed by atoms with Gasteiger partial charge >= 0.3 is 6.18 Å². The summed E-state index contributed by atoms with van der Waals surface area (Å²) in [5.41, 5.74) is -1.22. The molecule has 0 aliphatic heterocycles. The van der Waals surface area contributed by atoms with Crippen LogP contribution in [0.15, 0.2) is 21.8 Å². The van der Waals surface area contributed by atoms with Gasteiger partial charge in [-0.05, 0) is 22.0 Å². The van der Waals surface area contributed by atoms with Gasteiger partial charge in [-0.2, -0.15) is 13.2 Å². The van der Waals surface area contributed by atoms with Gasteiger partial charge in [-0.1, -0.05) is 0 Å². The molecule has 14 heavy (non-hydrogen) atoms. The topological polar surface area (TPSA) is 50.2 Å². The average Bonchev–Trinajstić information content (AvgIpc) is 2.01. The fourth-order valence-corrected chi connectivity index (χ4v) is 1.61. The van der Waals surface area contributed by atoms with Crippen molar-refractivity contribution in [2.75, 3.05) is 0 Å². The van der Waals surface area contributed by atoms with Crippen molar-refractivity contribution in [2.45, 2.75) is 11.2 Å². The highest BCUT2D eigenvalue weighted by Gasteiger charge is 2.36. The van der Waals surface area contributed by atoms with Crippen molar-refractivity contribution >= 4 is 27.0 Å². The molecule has 1 aromatic heterocycles. The van der Waals surface area contributed by atoms with Crippen molar-refractivity contribution in [1.29, 1.82) is 0 Å². The van der Waals surface area contributed by atoms with E-state index in [-0.39, 0.29) is 4.47 Å². The van der Waals surface area contributed by atoms with Crippen molar-refractivity contribution in [1.82, 2.24) is 4.98 Å². The molecule has 0 saturated heterocycles. The number of aromatic nitrogens is 1. The Morgan fingerprint density at radius 2 is 2.07 bits per heavy atom. The fraction of sp³-hybridized carbons (Fsp3) is 0.167. The van der Waals surface area contributed by atoms with Crippen LogP contribution in [-0.4, -0.2) is 13.7 Å². The van der Waals surface area contributed by atoms with Gasteiger partial charge in [-0.3, -0.25) is 0 Å².